The quantitative estimate of drug-likeness (QED) is 0.323. The van der Waals surface area contributed by atoms with Crippen molar-refractivity contribution in [3.05, 3.63) is 11.6 Å². The Kier molecular flexibility index (Phi) is 7.60. The van der Waals surface area contributed by atoms with Gasteiger partial charge in [-0.1, -0.05) is 11.6 Å². The van der Waals surface area contributed by atoms with Crippen molar-refractivity contribution in [3.8, 4) is 0 Å². The molecule has 1 saturated heterocycles. The Balaban J connectivity index is 1.51. The smallest absolute Gasteiger partial charge is 0.188 e. The minimum absolute atomic E-state index is 0.591. The van der Waals surface area contributed by atoms with Crippen LogP contribution in [-0.2, 0) is 4.74 Å². The van der Waals surface area contributed by atoms with Gasteiger partial charge in [0, 0.05) is 32.7 Å². The van der Waals surface area contributed by atoms with E-state index in [1.165, 1.54) is 25.7 Å². The van der Waals surface area contributed by atoms with Gasteiger partial charge in [0.2, 0.25) is 0 Å². The van der Waals surface area contributed by atoms with Gasteiger partial charge in [-0.05, 0) is 38.5 Å². The molecule has 120 valence electrons. The summed E-state index contributed by atoms with van der Waals surface area (Å²) in [5, 5.41) is 3.22. The molecule has 3 N–H and O–H groups in total. The lowest BCUT2D eigenvalue weighted by Crippen LogP contribution is -2.37. The number of hydrogen-bond donors (Lipinski definition) is 2. The van der Waals surface area contributed by atoms with E-state index in [2.05, 4.69) is 21.3 Å². The van der Waals surface area contributed by atoms with Gasteiger partial charge in [-0.15, -0.1) is 0 Å². The summed E-state index contributed by atoms with van der Waals surface area (Å²) >= 11 is 0. The van der Waals surface area contributed by atoms with Crippen LogP contribution in [-0.4, -0.2) is 56.8 Å². The molecule has 2 aliphatic rings. The fraction of sp³-hybridized carbons (Fsp3) is 0.812. The average molecular weight is 294 g/mol. The van der Waals surface area contributed by atoms with Crippen LogP contribution in [0, 0.1) is 0 Å². The van der Waals surface area contributed by atoms with Gasteiger partial charge in [0.05, 0.1) is 13.2 Å². The van der Waals surface area contributed by atoms with Crippen LogP contribution in [0.15, 0.2) is 16.6 Å². The lowest BCUT2D eigenvalue weighted by atomic mass is 9.97. The number of nitrogens with zero attached hydrogens (tertiary/aromatic N) is 2. The summed E-state index contributed by atoms with van der Waals surface area (Å²) in [5.74, 6) is 0.591. The molecule has 5 nitrogen and oxygen atoms in total. The van der Waals surface area contributed by atoms with E-state index in [1.54, 1.807) is 5.57 Å². The minimum atomic E-state index is 0.591. The number of nitrogens with one attached hydrogen (secondary N) is 1. The van der Waals surface area contributed by atoms with Crippen LogP contribution in [0.3, 0.4) is 0 Å². The molecule has 1 heterocycles. The lowest BCUT2D eigenvalue weighted by molar-refractivity contribution is 0.0377. The molecule has 0 spiro atoms. The predicted molar refractivity (Wildman–Crippen MR) is 87.5 cm³/mol. The largest absolute Gasteiger partial charge is 0.379 e. The first-order chi connectivity index (χ1) is 10.3. The first kappa shape index (κ1) is 16.3. The zero-order valence-corrected chi connectivity index (χ0v) is 13.1. The van der Waals surface area contributed by atoms with Crippen molar-refractivity contribution >= 4 is 5.96 Å². The van der Waals surface area contributed by atoms with Gasteiger partial charge in [-0.25, -0.2) is 0 Å². The maximum atomic E-state index is 5.89. The van der Waals surface area contributed by atoms with Crippen molar-refractivity contribution in [2.75, 3.05) is 45.9 Å². The fourth-order valence-electron chi connectivity index (χ4n) is 2.86. The number of rotatable bonds is 7. The van der Waals surface area contributed by atoms with E-state index < -0.39 is 0 Å². The molecule has 0 unspecified atom stereocenters. The van der Waals surface area contributed by atoms with Gasteiger partial charge in [-0.3, -0.25) is 9.89 Å². The van der Waals surface area contributed by atoms with Crippen molar-refractivity contribution < 1.29 is 4.74 Å². The van der Waals surface area contributed by atoms with Crippen molar-refractivity contribution in [1.29, 1.82) is 0 Å². The summed E-state index contributed by atoms with van der Waals surface area (Å²) in [7, 11) is 0. The Morgan fingerprint density at radius 2 is 2.19 bits per heavy atom. The van der Waals surface area contributed by atoms with E-state index in [9.17, 15) is 0 Å². The molecule has 0 aromatic rings. The maximum Gasteiger partial charge on any atom is 0.188 e. The van der Waals surface area contributed by atoms with Gasteiger partial charge in [0.25, 0.3) is 0 Å². The highest BCUT2D eigenvalue weighted by atomic mass is 16.5. The third-order valence-corrected chi connectivity index (χ3v) is 4.16. The van der Waals surface area contributed by atoms with Crippen LogP contribution in [0.5, 0.6) is 0 Å². The van der Waals surface area contributed by atoms with Gasteiger partial charge in [-0.2, -0.15) is 0 Å². The summed E-state index contributed by atoms with van der Waals surface area (Å²) < 4.78 is 5.33. The third-order valence-electron chi connectivity index (χ3n) is 4.16. The van der Waals surface area contributed by atoms with Gasteiger partial charge in [0.1, 0.15) is 0 Å². The highest BCUT2D eigenvalue weighted by Crippen LogP contribution is 2.19. The maximum absolute atomic E-state index is 5.89. The summed E-state index contributed by atoms with van der Waals surface area (Å²) in [5.41, 5.74) is 7.47. The van der Waals surface area contributed by atoms with Gasteiger partial charge >= 0.3 is 0 Å². The molecule has 0 radical (unpaired) electrons. The second-order valence-electron chi connectivity index (χ2n) is 5.86. The number of nitrogens with two attached hydrogens (primary N) is 1. The van der Waals surface area contributed by atoms with Crippen molar-refractivity contribution in [2.24, 2.45) is 10.7 Å². The molecule has 5 heteroatoms. The van der Waals surface area contributed by atoms with Crippen LogP contribution < -0.4 is 11.1 Å². The number of hydrogen-bond acceptors (Lipinski definition) is 3. The van der Waals surface area contributed by atoms with E-state index in [1.807, 2.05) is 0 Å². The molecule has 21 heavy (non-hydrogen) atoms. The standard InChI is InChI=1S/C16H30N4O/c17-16(19-9-7-15-5-2-1-3-6-15)18-8-4-10-20-11-13-21-14-12-20/h5H,1-4,6-14H2,(H3,17,18,19). The molecule has 0 aromatic carbocycles. The van der Waals surface area contributed by atoms with Crippen LogP contribution in [0.25, 0.3) is 0 Å². The number of ether oxygens (including phenoxy) is 1. The van der Waals surface area contributed by atoms with Crippen LogP contribution in [0.2, 0.25) is 0 Å². The van der Waals surface area contributed by atoms with E-state index >= 15 is 0 Å². The van der Waals surface area contributed by atoms with E-state index in [-0.39, 0.29) is 0 Å². The number of aliphatic imine (C=N–C) groups is 1. The molecule has 0 aromatic heterocycles. The van der Waals surface area contributed by atoms with Crippen molar-refractivity contribution in [2.45, 2.75) is 38.5 Å². The minimum Gasteiger partial charge on any atom is -0.379 e. The number of allylic oxidation sites excluding steroid dienone is 1. The molecular formula is C16H30N4O. The third kappa shape index (κ3) is 6.96. The summed E-state index contributed by atoms with van der Waals surface area (Å²) in [4.78, 5) is 6.83. The Morgan fingerprint density at radius 1 is 1.33 bits per heavy atom. The molecular weight excluding hydrogens is 264 g/mol. The van der Waals surface area contributed by atoms with Crippen LogP contribution >= 0.6 is 0 Å². The highest BCUT2D eigenvalue weighted by Gasteiger charge is 2.08. The fourth-order valence-corrected chi connectivity index (χ4v) is 2.86. The zero-order chi connectivity index (χ0) is 14.8. The van der Waals surface area contributed by atoms with Crippen LogP contribution in [0.1, 0.15) is 38.5 Å². The first-order valence-electron chi connectivity index (χ1n) is 8.36. The lowest BCUT2D eigenvalue weighted by Gasteiger charge is -2.26. The van der Waals surface area contributed by atoms with E-state index in [4.69, 9.17) is 10.5 Å². The number of morpholine rings is 1. The molecule has 2 rings (SSSR count). The molecule has 0 bridgehead atoms. The summed E-state index contributed by atoms with van der Waals surface area (Å²) in [6.45, 7) is 6.63. The topological polar surface area (TPSA) is 62.9 Å². The molecule has 0 amide bonds. The molecule has 1 aliphatic carbocycles. The molecule has 0 atom stereocenters. The van der Waals surface area contributed by atoms with Crippen molar-refractivity contribution in [1.82, 2.24) is 10.2 Å². The normalized spacial score (nSPS) is 21.1. The van der Waals surface area contributed by atoms with E-state index in [0.717, 1.165) is 58.8 Å². The molecule has 1 aliphatic heterocycles. The average Bonchev–Trinajstić information content (AvgIpc) is 2.54. The SMILES string of the molecule is NC(=NCCCN1CCOCC1)NCCC1=CCCCC1. The van der Waals surface area contributed by atoms with E-state index in [0.29, 0.717) is 5.96 Å². The monoisotopic (exact) mass is 294 g/mol. The molecule has 1 fully saturated rings. The summed E-state index contributed by atoms with van der Waals surface area (Å²) in [6, 6.07) is 0. The highest BCUT2D eigenvalue weighted by molar-refractivity contribution is 5.77. The van der Waals surface area contributed by atoms with Gasteiger partial charge < -0.3 is 15.8 Å². The first-order valence-corrected chi connectivity index (χ1v) is 8.36. The Hall–Kier alpha value is -1.07. The second-order valence-corrected chi connectivity index (χ2v) is 5.86. The Labute approximate surface area is 128 Å². The van der Waals surface area contributed by atoms with Crippen LogP contribution in [0.4, 0.5) is 0 Å². The number of guanidine groups is 1. The van der Waals surface area contributed by atoms with Crippen molar-refractivity contribution in [3.63, 3.8) is 0 Å². The molecule has 0 saturated carbocycles. The summed E-state index contributed by atoms with van der Waals surface area (Å²) in [6.07, 6.45) is 9.76. The Bertz CT molecular complexity index is 348. The van der Waals surface area contributed by atoms with Gasteiger partial charge in [0.15, 0.2) is 5.96 Å². The second kappa shape index (κ2) is 9.79. The Morgan fingerprint density at radius 3 is 2.95 bits per heavy atom. The predicted octanol–water partition coefficient (Wildman–Crippen LogP) is 1.50. The zero-order valence-electron chi connectivity index (χ0n) is 13.1.